The molecule has 1 heterocycles. The highest BCUT2D eigenvalue weighted by Gasteiger charge is 2.25. The highest BCUT2D eigenvalue weighted by atomic mass is 32.2. The maximum atomic E-state index is 8.89. The number of aliphatic hydroxyl groups is 2. The Morgan fingerprint density at radius 2 is 2.00 bits per heavy atom. The minimum Gasteiger partial charge on any atom is -0.357 e. The highest BCUT2D eigenvalue weighted by Crippen LogP contribution is 2.30. The molecule has 0 radical (unpaired) electrons. The van der Waals surface area contributed by atoms with E-state index in [0.29, 0.717) is 6.42 Å². The summed E-state index contributed by atoms with van der Waals surface area (Å²) in [7, 11) is 0. The van der Waals surface area contributed by atoms with Gasteiger partial charge in [0.15, 0.2) is 0 Å². The van der Waals surface area contributed by atoms with Crippen LogP contribution in [0.3, 0.4) is 0 Å². The van der Waals surface area contributed by atoms with Crippen LogP contribution >= 0.6 is 11.8 Å². The first-order valence-corrected chi connectivity index (χ1v) is 3.78. The minimum atomic E-state index is -1.40. The lowest BCUT2D eigenvalue weighted by Gasteiger charge is -2.24. The van der Waals surface area contributed by atoms with Crippen molar-refractivity contribution in [3.8, 4) is 0 Å². The number of hydrogen-bond donors (Lipinski definition) is 2. The maximum absolute atomic E-state index is 8.89. The van der Waals surface area contributed by atoms with Gasteiger partial charge in [-0.05, 0) is 18.6 Å². The van der Waals surface area contributed by atoms with Crippen LogP contribution < -0.4 is 0 Å². The van der Waals surface area contributed by atoms with E-state index < -0.39 is 5.12 Å². The first-order chi connectivity index (χ1) is 3.71. The van der Waals surface area contributed by atoms with E-state index in [0.717, 1.165) is 18.6 Å². The van der Waals surface area contributed by atoms with Gasteiger partial charge in [0.1, 0.15) is 0 Å². The molecule has 1 aliphatic rings. The molecule has 2 nitrogen and oxygen atoms in total. The van der Waals surface area contributed by atoms with Crippen molar-refractivity contribution in [2.45, 2.75) is 24.4 Å². The van der Waals surface area contributed by atoms with Gasteiger partial charge in [0.05, 0.1) is 0 Å². The van der Waals surface area contributed by atoms with Gasteiger partial charge in [0.25, 0.3) is 0 Å². The van der Waals surface area contributed by atoms with Crippen LogP contribution in [0.25, 0.3) is 0 Å². The van der Waals surface area contributed by atoms with Crippen LogP contribution in [0.4, 0.5) is 0 Å². The Labute approximate surface area is 52.9 Å². The fourth-order valence-electron chi connectivity index (χ4n) is 0.765. The predicted molar refractivity (Wildman–Crippen MR) is 33.5 cm³/mol. The van der Waals surface area contributed by atoms with E-state index in [-0.39, 0.29) is 0 Å². The molecular formula is C5H10O2S. The van der Waals surface area contributed by atoms with Crippen molar-refractivity contribution in [2.24, 2.45) is 0 Å². The van der Waals surface area contributed by atoms with Gasteiger partial charge in [-0.1, -0.05) is 11.8 Å². The zero-order chi connectivity index (χ0) is 6.04. The first-order valence-electron chi connectivity index (χ1n) is 2.79. The van der Waals surface area contributed by atoms with E-state index in [4.69, 9.17) is 10.2 Å². The van der Waals surface area contributed by atoms with E-state index in [9.17, 15) is 0 Å². The van der Waals surface area contributed by atoms with Gasteiger partial charge in [0.2, 0.25) is 5.12 Å². The van der Waals surface area contributed by atoms with Crippen molar-refractivity contribution in [3.63, 3.8) is 0 Å². The summed E-state index contributed by atoms with van der Waals surface area (Å²) in [6, 6.07) is 0. The Morgan fingerprint density at radius 1 is 1.25 bits per heavy atom. The summed E-state index contributed by atoms with van der Waals surface area (Å²) in [5.74, 6) is 0.882. The van der Waals surface area contributed by atoms with Crippen LogP contribution in [0, 0.1) is 0 Å². The predicted octanol–water partition coefficient (Wildman–Crippen LogP) is 0.542. The molecule has 0 aromatic heterocycles. The average Bonchev–Trinajstić information content (AvgIpc) is 1.65. The molecule has 0 saturated carbocycles. The molecule has 0 amide bonds. The SMILES string of the molecule is OC1(O)CCCCS1. The third-order valence-electron chi connectivity index (χ3n) is 1.23. The number of hydrogen-bond acceptors (Lipinski definition) is 3. The lowest BCUT2D eigenvalue weighted by Crippen LogP contribution is -2.26. The quantitative estimate of drug-likeness (QED) is 0.475. The van der Waals surface area contributed by atoms with Gasteiger partial charge in [-0.2, -0.15) is 0 Å². The molecule has 8 heavy (non-hydrogen) atoms. The van der Waals surface area contributed by atoms with E-state index in [2.05, 4.69) is 0 Å². The standard InChI is InChI=1S/C5H10O2S/c6-5(7)3-1-2-4-8-5/h6-7H,1-4H2. The summed E-state index contributed by atoms with van der Waals surface area (Å²) in [5, 5.41) is 16.4. The molecule has 1 fully saturated rings. The zero-order valence-electron chi connectivity index (χ0n) is 4.63. The molecule has 1 aliphatic heterocycles. The summed E-state index contributed by atoms with van der Waals surface area (Å²) in [4.78, 5) is 0. The molecule has 1 rings (SSSR count). The van der Waals surface area contributed by atoms with Crippen molar-refractivity contribution in [3.05, 3.63) is 0 Å². The van der Waals surface area contributed by atoms with E-state index in [1.54, 1.807) is 0 Å². The molecule has 2 N–H and O–H groups in total. The number of rotatable bonds is 0. The van der Waals surface area contributed by atoms with Crippen molar-refractivity contribution in [1.82, 2.24) is 0 Å². The highest BCUT2D eigenvalue weighted by molar-refractivity contribution is 8.00. The van der Waals surface area contributed by atoms with Gasteiger partial charge in [-0.3, -0.25) is 0 Å². The van der Waals surface area contributed by atoms with Crippen LogP contribution in [0.15, 0.2) is 0 Å². The summed E-state index contributed by atoms with van der Waals surface area (Å²) in [6.07, 6.45) is 2.59. The van der Waals surface area contributed by atoms with Gasteiger partial charge in [0, 0.05) is 6.42 Å². The molecule has 1 saturated heterocycles. The fourth-order valence-corrected chi connectivity index (χ4v) is 1.73. The third-order valence-corrected chi connectivity index (χ3v) is 2.39. The van der Waals surface area contributed by atoms with Crippen LogP contribution in [0.5, 0.6) is 0 Å². The second-order valence-electron chi connectivity index (χ2n) is 2.05. The molecule has 0 spiro atoms. The zero-order valence-corrected chi connectivity index (χ0v) is 5.45. The molecule has 0 atom stereocenters. The van der Waals surface area contributed by atoms with E-state index >= 15 is 0 Å². The van der Waals surface area contributed by atoms with Crippen LogP contribution in [0.2, 0.25) is 0 Å². The lowest BCUT2D eigenvalue weighted by atomic mass is 10.2. The molecule has 0 aromatic rings. The summed E-state index contributed by atoms with van der Waals surface area (Å²) in [5.41, 5.74) is 0. The Morgan fingerprint density at radius 3 is 2.25 bits per heavy atom. The molecule has 0 unspecified atom stereocenters. The number of thioether (sulfide) groups is 1. The van der Waals surface area contributed by atoms with Crippen molar-refractivity contribution >= 4 is 11.8 Å². The average molecular weight is 134 g/mol. The fraction of sp³-hybridized carbons (Fsp3) is 1.00. The molecular weight excluding hydrogens is 124 g/mol. The van der Waals surface area contributed by atoms with Gasteiger partial charge in [-0.15, -0.1) is 0 Å². The van der Waals surface area contributed by atoms with Gasteiger partial charge < -0.3 is 10.2 Å². The summed E-state index contributed by atoms with van der Waals surface area (Å²) in [6.45, 7) is 0. The van der Waals surface area contributed by atoms with Gasteiger partial charge >= 0.3 is 0 Å². The second-order valence-corrected chi connectivity index (χ2v) is 3.40. The van der Waals surface area contributed by atoms with E-state index in [1.165, 1.54) is 11.8 Å². The Bertz CT molecular complexity index is 74.5. The maximum Gasteiger partial charge on any atom is 0.213 e. The molecule has 3 heteroatoms. The first kappa shape index (κ1) is 6.39. The smallest absolute Gasteiger partial charge is 0.213 e. The Balaban J connectivity index is 2.33. The van der Waals surface area contributed by atoms with E-state index in [1.807, 2.05) is 0 Å². The lowest BCUT2D eigenvalue weighted by molar-refractivity contribution is -0.0847. The molecule has 48 valence electrons. The molecule has 0 aromatic carbocycles. The van der Waals surface area contributed by atoms with Crippen molar-refractivity contribution in [1.29, 1.82) is 0 Å². The topological polar surface area (TPSA) is 40.5 Å². The summed E-state index contributed by atoms with van der Waals surface area (Å²) >= 11 is 1.23. The Kier molecular flexibility index (Phi) is 1.80. The molecule has 0 bridgehead atoms. The minimum absolute atomic E-state index is 0.525. The normalized spacial score (nSPS) is 27.8. The second kappa shape index (κ2) is 2.25. The monoisotopic (exact) mass is 134 g/mol. The summed E-state index contributed by atoms with van der Waals surface area (Å²) < 4.78 is 0. The van der Waals surface area contributed by atoms with Gasteiger partial charge in [-0.25, -0.2) is 0 Å². The van der Waals surface area contributed by atoms with Crippen molar-refractivity contribution in [2.75, 3.05) is 5.75 Å². The van der Waals surface area contributed by atoms with Crippen molar-refractivity contribution < 1.29 is 10.2 Å². The van der Waals surface area contributed by atoms with Crippen LogP contribution in [0.1, 0.15) is 19.3 Å². The van der Waals surface area contributed by atoms with Crippen LogP contribution in [-0.2, 0) is 0 Å². The molecule has 0 aliphatic carbocycles. The van der Waals surface area contributed by atoms with Crippen LogP contribution in [-0.4, -0.2) is 21.1 Å². The Hall–Kier alpha value is 0.270. The largest absolute Gasteiger partial charge is 0.357 e. The third kappa shape index (κ3) is 1.65.